The summed E-state index contributed by atoms with van der Waals surface area (Å²) in [5, 5.41) is 0. The van der Waals surface area contributed by atoms with E-state index in [1.54, 1.807) is 29.8 Å². The number of hydrogen-bond acceptors (Lipinski definition) is 4. The van der Waals surface area contributed by atoms with Crippen LogP contribution < -0.4 is 4.72 Å². The van der Waals surface area contributed by atoms with Gasteiger partial charge in [0.2, 0.25) is 10.0 Å². The first kappa shape index (κ1) is 20.4. The standard InChI is InChI=1S/C19H21BrN2O3S2/c1-22(12-13-3-7-15(26-2)8-4-13)19(23)17-11-16(9-10-18(17)20)27(24,25)21-14-5-6-14/h3-4,7-11,14,21H,5-6,12H2,1-2H3. The van der Waals surface area contributed by atoms with Gasteiger partial charge < -0.3 is 4.90 Å². The molecule has 1 N–H and O–H groups in total. The number of carbonyl (C=O) groups is 1. The van der Waals surface area contributed by atoms with E-state index in [4.69, 9.17) is 0 Å². The zero-order valence-electron chi connectivity index (χ0n) is 15.1. The van der Waals surface area contributed by atoms with Crippen molar-refractivity contribution in [2.75, 3.05) is 13.3 Å². The molecule has 1 fully saturated rings. The fourth-order valence-electron chi connectivity index (χ4n) is 2.61. The lowest BCUT2D eigenvalue weighted by atomic mass is 10.1. The molecule has 8 heteroatoms. The van der Waals surface area contributed by atoms with Crippen LogP contribution in [0.1, 0.15) is 28.8 Å². The van der Waals surface area contributed by atoms with Crippen LogP contribution in [0.15, 0.2) is 56.7 Å². The summed E-state index contributed by atoms with van der Waals surface area (Å²) in [7, 11) is -1.90. The lowest BCUT2D eigenvalue weighted by Crippen LogP contribution is -2.28. The Balaban J connectivity index is 1.79. The van der Waals surface area contributed by atoms with E-state index in [1.165, 1.54) is 12.1 Å². The van der Waals surface area contributed by atoms with Crippen LogP contribution in [0.3, 0.4) is 0 Å². The van der Waals surface area contributed by atoms with E-state index in [0.29, 0.717) is 16.6 Å². The number of carbonyl (C=O) groups excluding carboxylic acids is 1. The number of hydrogen-bond donors (Lipinski definition) is 1. The molecule has 3 rings (SSSR count). The molecule has 27 heavy (non-hydrogen) atoms. The van der Waals surface area contributed by atoms with Crippen LogP contribution >= 0.6 is 27.7 Å². The zero-order valence-corrected chi connectivity index (χ0v) is 18.3. The number of sulfonamides is 1. The van der Waals surface area contributed by atoms with Crippen LogP contribution in [0.5, 0.6) is 0 Å². The van der Waals surface area contributed by atoms with E-state index in [9.17, 15) is 13.2 Å². The molecule has 2 aromatic carbocycles. The SMILES string of the molecule is CSc1ccc(CN(C)C(=O)c2cc(S(=O)(=O)NC3CC3)ccc2Br)cc1. The number of nitrogens with zero attached hydrogens (tertiary/aromatic N) is 1. The summed E-state index contributed by atoms with van der Waals surface area (Å²) in [6.07, 6.45) is 3.74. The third-order valence-corrected chi connectivity index (χ3v) is 7.26. The summed E-state index contributed by atoms with van der Waals surface area (Å²) in [6, 6.07) is 12.6. The molecule has 0 atom stereocenters. The number of rotatable bonds is 7. The fourth-order valence-corrected chi connectivity index (χ4v) is 4.76. The van der Waals surface area contributed by atoms with Crippen molar-refractivity contribution >= 4 is 43.6 Å². The van der Waals surface area contributed by atoms with Gasteiger partial charge in [0.1, 0.15) is 0 Å². The van der Waals surface area contributed by atoms with E-state index in [-0.39, 0.29) is 16.8 Å². The minimum atomic E-state index is -3.61. The summed E-state index contributed by atoms with van der Waals surface area (Å²) < 4.78 is 28.1. The van der Waals surface area contributed by atoms with E-state index >= 15 is 0 Å². The molecule has 0 unspecified atom stereocenters. The van der Waals surface area contributed by atoms with Crippen molar-refractivity contribution < 1.29 is 13.2 Å². The monoisotopic (exact) mass is 468 g/mol. The average molecular weight is 469 g/mol. The van der Waals surface area contributed by atoms with Gasteiger partial charge in [-0.3, -0.25) is 4.79 Å². The second-order valence-electron chi connectivity index (χ2n) is 6.55. The number of nitrogens with one attached hydrogen (secondary N) is 1. The molecular formula is C19H21BrN2O3S2. The quantitative estimate of drug-likeness (QED) is 0.625. The lowest BCUT2D eigenvalue weighted by Gasteiger charge is -2.19. The highest BCUT2D eigenvalue weighted by molar-refractivity contribution is 9.10. The molecule has 1 saturated carbocycles. The third-order valence-electron chi connectivity index (χ3n) is 4.30. The van der Waals surface area contributed by atoms with Crippen LogP contribution in [0.25, 0.3) is 0 Å². The maximum absolute atomic E-state index is 12.9. The van der Waals surface area contributed by atoms with Gasteiger partial charge in [-0.2, -0.15) is 0 Å². The Labute approximate surface area is 172 Å². The number of amides is 1. The maximum atomic E-state index is 12.9. The Morgan fingerprint density at radius 2 is 1.89 bits per heavy atom. The van der Waals surface area contributed by atoms with E-state index in [1.807, 2.05) is 30.5 Å². The van der Waals surface area contributed by atoms with Crippen LogP contribution in [0, 0.1) is 0 Å². The number of thioether (sulfide) groups is 1. The van der Waals surface area contributed by atoms with Crippen molar-refractivity contribution in [3.05, 3.63) is 58.1 Å². The first-order valence-corrected chi connectivity index (χ1v) is 12.0. The third kappa shape index (κ3) is 5.13. The Morgan fingerprint density at radius 1 is 1.22 bits per heavy atom. The van der Waals surface area contributed by atoms with Gasteiger partial charge in [-0.15, -0.1) is 11.8 Å². The normalized spacial score (nSPS) is 14.2. The van der Waals surface area contributed by atoms with Gasteiger partial charge in [0.25, 0.3) is 5.91 Å². The summed E-state index contributed by atoms with van der Waals surface area (Å²) in [5.74, 6) is -0.237. The molecule has 0 saturated heterocycles. The first-order chi connectivity index (χ1) is 12.8. The smallest absolute Gasteiger partial charge is 0.255 e. The van der Waals surface area contributed by atoms with Crippen LogP contribution in [0.2, 0.25) is 0 Å². The Morgan fingerprint density at radius 3 is 2.48 bits per heavy atom. The Kier molecular flexibility index (Phi) is 6.30. The number of halogens is 1. The molecule has 0 aromatic heterocycles. The molecule has 1 aliphatic carbocycles. The molecule has 0 radical (unpaired) electrons. The van der Waals surface area contributed by atoms with Crippen molar-refractivity contribution in [2.24, 2.45) is 0 Å². The van der Waals surface area contributed by atoms with E-state index < -0.39 is 10.0 Å². The first-order valence-electron chi connectivity index (χ1n) is 8.50. The average Bonchev–Trinajstić information content (AvgIpc) is 3.45. The van der Waals surface area contributed by atoms with Gasteiger partial charge in [-0.1, -0.05) is 12.1 Å². The summed E-state index contributed by atoms with van der Waals surface area (Å²) in [4.78, 5) is 15.7. The van der Waals surface area contributed by atoms with Crippen LogP contribution in [-0.4, -0.2) is 38.6 Å². The van der Waals surface area contributed by atoms with Gasteiger partial charge in [0.05, 0.1) is 10.5 Å². The molecule has 0 spiro atoms. The van der Waals surface area contributed by atoms with Gasteiger partial charge >= 0.3 is 0 Å². The Hall–Kier alpha value is -1.35. The van der Waals surface area contributed by atoms with E-state index in [0.717, 1.165) is 23.3 Å². The number of benzene rings is 2. The van der Waals surface area contributed by atoms with Crippen molar-refractivity contribution in [1.82, 2.24) is 9.62 Å². The second kappa shape index (κ2) is 8.34. The Bertz CT molecular complexity index is 942. The highest BCUT2D eigenvalue weighted by Crippen LogP contribution is 2.26. The lowest BCUT2D eigenvalue weighted by molar-refractivity contribution is 0.0784. The maximum Gasteiger partial charge on any atom is 0.255 e. The highest BCUT2D eigenvalue weighted by atomic mass is 79.9. The molecular weight excluding hydrogens is 448 g/mol. The predicted octanol–water partition coefficient (Wildman–Crippen LogP) is 3.88. The van der Waals surface area contributed by atoms with Crippen molar-refractivity contribution in [3.63, 3.8) is 0 Å². The van der Waals surface area contributed by atoms with Gasteiger partial charge in [-0.05, 0) is 70.9 Å². The molecule has 0 bridgehead atoms. The molecule has 1 amide bonds. The molecule has 0 aliphatic heterocycles. The minimum absolute atomic E-state index is 0.0183. The topological polar surface area (TPSA) is 66.5 Å². The zero-order chi connectivity index (χ0) is 19.6. The molecule has 1 aliphatic rings. The summed E-state index contributed by atoms with van der Waals surface area (Å²) >= 11 is 5.03. The predicted molar refractivity (Wildman–Crippen MR) is 112 cm³/mol. The van der Waals surface area contributed by atoms with Crippen molar-refractivity contribution in [2.45, 2.75) is 35.2 Å². The fraction of sp³-hybridized carbons (Fsp3) is 0.316. The highest BCUT2D eigenvalue weighted by Gasteiger charge is 2.29. The summed E-state index contributed by atoms with van der Waals surface area (Å²) in [5.41, 5.74) is 1.34. The van der Waals surface area contributed by atoms with Gasteiger partial charge in [-0.25, -0.2) is 13.1 Å². The molecule has 0 heterocycles. The molecule has 2 aromatic rings. The van der Waals surface area contributed by atoms with Crippen molar-refractivity contribution in [1.29, 1.82) is 0 Å². The van der Waals surface area contributed by atoms with Crippen LogP contribution in [-0.2, 0) is 16.6 Å². The largest absolute Gasteiger partial charge is 0.337 e. The minimum Gasteiger partial charge on any atom is -0.337 e. The van der Waals surface area contributed by atoms with Gasteiger partial charge in [0.15, 0.2) is 0 Å². The molecule has 144 valence electrons. The van der Waals surface area contributed by atoms with E-state index in [2.05, 4.69) is 20.7 Å². The summed E-state index contributed by atoms with van der Waals surface area (Å²) in [6.45, 7) is 0.442. The molecule has 5 nitrogen and oxygen atoms in total. The van der Waals surface area contributed by atoms with Gasteiger partial charge in [0, 0.05) is 29.0 Å². The van der Waals surface area contributed by atoms with Crippen molar-refractivity contribution in [3.8, 4) is 0 Å². The van der Waals surface area contributed by atoms with Crippen LogP contribution in [0.4, 0.5) is 0 Å². The second-order valence-corrected chi connectivity index (χ2v) is 9.99.